The molecule has 0 atom stereocenters. The molecule has 1 N–H and O–H groups in total. The average molecular weight is 853 g/mol. The summed E-state index contributed by atoms with van der Waals surface area (Å²) in [5.41, 5.74) is 12.4. The zero-order chi connectivity index (χ0) is 43.3. The van der Waals surface area contributed by atoms with E-state index in [1.54, 1.807) is 22.7 Å². The van der Waals surface area contributed by atoms with Crippen molar-refractivity contribution in [2.24, 2.45) is 0 Å². The molecule has 0 spiro atoms. The minimum atomic E-state index is -0.0523. The minimum absolute atomic E-state index is 0.0523. The van der Waals surface area contributed by atoms with E-state index < -0.39 is 0 Å². The van der Waals surface area contributed by atoms with Crippen molar-refractivity contribution in [2.75, 3.05) is 42.6 Å². The molecule has 0 saturated heterocycles. The highest BCUT2D eigenvalue weighted by atomic mass is 32.1. The maximum atomic E-state index is 9.38. The first-order chi connectivity index (χ1) is 30.4. The number of nitrogens with zero attached hydrogens (tertiary/aromatic N) is 2. The summed E-state index contributed by atoms with van der Waals surface area (Å²) in [6.45, 7) is 14.8. The molecule has 62 heavy (non-hydrogen) atoms. The highest BCUT2D eigenvalue weighted by molar-refractivity contribution is 7.13. The van der Waals surface area contributed by atoms with E-state index in [1.165, 1.54) is 56.1 Å². The van der Waals surface area contributed by atoms with E-state index in [2.05, 4.69) is 202 Å². The molecule has 7 rings (SSSR count). The molecule has 0 fully saturated rings. The van der Waals surface area contributed by atoms with Crippen LogP contribution in [0.4, 0.5) is 11.4 Å². The number of aliphatic hydroxyl groups excluding tert-OH is 1. The molecule has 1 aliphatic carbocycles. The first-order valence-electron chi connectivity index (χ1n) is 22.6. The molecule has 6 aromatic rings. The van der Waals surface area contributed by atoms with Crippen LogP contribution in [0.5, 0.6) is 0 Å². The van der Waals surface area contributed by atoms with E-state index in [0.717, 1.165) is 77.4 Å². The highest BCUT2D eigenvalue weighted by Gasteiger charge is 2.42. The second-order valence-electron chi connectivity index (χ2n) is 16.0. The average Bonchev–Trinajstić information content (AvgIpc) is 4.04. The fourth-order valence-electron chi connectivity index (χ4n) is 8.69. The summed E-state index contributed by atoms with van der Waals surface area (Å²) < 4.78 is 0. The fourth-order valence-corrected chi connectivity index (χ4v) is 10.2. The second-order valence-corrected chi connectivity index (χ2v) is 18.3. The number of aliphatic hydroxyl groups is 1. The summed E-state index contributed by atoms with van der Waals surface area (Å²) in [5, 5.41) is 9.38. The number of unbranched alkanes of at least 4 members (excludes halogenated alkanes) is 2. The Kier molecular flexibility index (Phi) is 15.4. The number of thiophene rings is 2. The lowest BCUT2D eigenvalue weighted by atomic mass is 9.70. The number of rotatable bonds is 17. The first-order valence-corrected chi connectivity index (χ1v) is 24.2. The normalized spacial score (nSPS) is 12.5. The van der Waals surface area contributed by atoms with Crippen LogP contribution in [0.25, 0.3) is 35.4 Å². The van der Waals surface area contributed by atoms with E-state index in [4.69, 9.17) is 0 Å². The van der Waals surface area contributed by atoms with Gasteiger partial charge in [0.15, 0.2) is 0 Å². The van der Waals surface area contributed by atoms with Crippen molar-refractivity contribution in [1.82, 2.24) is 0 Å². The number of fused-ring (bicyclic) bond motifs is 3. The van der Waals surface area contributed by atoms with Crippen LogP contribution in [0.1, 0.15) is 126 Å². The van der Waals surface area contributed by atoms with Crippen molar-refractivity contribution >= 4 is 58.4 Å². The van der Waals surface area contributed by atoms with Gasteiger partial charge < -0.3 is 14.9 Å². The van der Waals surface area contributed by atoms with Gasteiger partial charge in [-0.15, -0.1) is 22.7 Å². The van der Waals surface area contributed by atoms with Crippen molar-refractivity contribution in [2.45, 2.75) is 78.6 Å². The largest absolute Gasteiger partial charge is 0.395 e. The van der Waals surface area contributed by atoms with Crippen LogP contribution >= 0.6 is 22.7 Å². The lowest BCUT2D eigenvalue weighted by molar-refractivity contribution is 0.302. The predicted molar refractivity (Wildman–Crippen MR) is 272 cm³/mol. The smallest absolute Gasteiger partial charge is 0.0778 e. The highest BCUT2D eigenvalue weighted by Crippen LogP contribution is 2.54. The number of hydrogen-bond donors (Lipinski definition) is 1. The monoisotopic (exact) mass is 852 g/mol. The Hall–Kier alpha value is -5.56. The number of benzene rings is 4. The summed E-state index contributed by atoms with van der Waals surface area (Å²) in [6.07, 6.45) is 15.6. The Labute approximate surface area is 379 Å². The molecule has 0 radical (unpaired) electrons. The van der Waals surface area contributed by atoms with Crippen molar-refractivity contribution in [3.8, 4) is 34.8 Å². The summed E-state index contributed by atoms with van der Waals surface area (Å²) >= 11 is 3.47. The molecule has 2 aromatic heterocycles. The SMILES string of the molecule is CCCCC1(CCCC)c2cc(C#Cc3ccc(/C=C/c4ccc(N(CC)CC)cc4)s3)ccc2-c2ccc(C#Cc3ccc(/C=C/c4ccc(N(CC)CCO)cc4)s3)cc21. The van der Waals surface area contributed by atoms with Crippen molar-refractivity contribution in [1.29, 1.82) is 0 Å². The quantitative estimate of drug-likeness (QED) is 0.0926. The van der Waals surface area contributed by atoms with Crippen LogP contribution in [-0.2, 0) is 5.41 Å². The van der Waals surface area contributed by atoms with E-state index in [-0.39, 0.29) is 12.0 Å². The van der Waals surface area contributed by atoms with Gasteiger partial charge in [-0.2, -0.15) is 0 Å². The first kappa shape index (κ1) is 44.5. The van der Waals surface area contributed by atoms with Gasteiger partial charge in [0, 0.05) is 63.8 Å². The minimum Gasteiger partial charge on any atom is -0.395 e. The van der Waals surface area contributed by atoms with Gasteiger partial charge in [-0.25, -0.2) is 0 Å². The Morgan fingerprint density at radius 3 is 1.39 bits per heavy atom. The van der Waals surface area contributed by atoms with Gasteiger partial charge in [-0.05, 0) is 152 Å². The van der Waals surface area contributed by atoms with Crippen LogP contribution in [0.15, 0.2) is 109 Å². The lowest BCUT2D eigenvalue weighted by Gasteiger charge is -2.33. The topological polar surface area (TPSA) is 26.7 Å². The molecule has 0 unspecified atom stereocenters. The second kappa shape index (κ2) is 21.5. The van der Waals surface area contributed by atoms with E-state index in [1.807, 2.05) is 0 Å². The van der Waals surface area contributed by atoms with Crippen LogP contribution in [-0.4, -0.2) is 37.9 Å². The van der Waals surface area contributed by atoms with E-state index in [9.17, 15) is 5.11 Å². The maximum Gasteiger partial charge on any atom is 0.0778 e. The van der Waals surface area contributed by atoms with Gasteiger partial charge in [-0.1, -0.05) is 112 Å². The maximum absolute atomic E-state index is 9.38. The molecule has 0 saturated carbocycles. The molecule has 3 nitrogen and oxygen atoms in total. The molecular formula is C57H60N2OS2. The van der Waals surface area contributed by atoms with Gasteiger partial charge in [0.05, 0.1) is 16.4 Å². The van der Waals surface area contributed by atoms with Gasteiger partial charge in [0.1, 0.15) is 0 Å². The lowest BCUT2D eigenvalue weighted by Crippen LogP contribution is -2.25. The Morgan fingerprint density at radius 1 is 0.516 bits per heavy atom. The summed E-state index contributed by atoms with van der Waals surface area (Å²) in [5.74, 6) is 14.1. The van der Waals surface area contributed by atoms with Crippen molar-refractivity contribution < 1.29 is 5.11 Å². The predicted octanol–water partition coefficient (Wildman–Crippen LogP) is 14.3. The third kappa shape index (κ3) is 10.5. The van der Waals surface area contributed by atoms with Crippen molar-refractivity contribution in [3.63, 3.8) is 0 Å². The van der Waals surface area contributed by atoms with E-state index >= 15 is 0 Å². The van der Waals surface area contributed by atoms with Crippen LogP contribution in [0, 0.1) is 23.7 Å². The summed E-state index contributed by atoms with van der Waals surface area (Å²) in [6, 6.07) is 39.8. The number of hydrogen-bond acceptors (Lipinski definition) is 5. The molecule has 0 amide bonds. The van der Waals surface area contributed by atoms with Crippen LogP contribution in [0.3, 0.4) is 0 Å². The van der Waals surface area contributed by atoms with Gasteiger partial charge >= 0.3 is 0 Å². The van der Waals surface area contributed by atoms with Crippen LogP contribution < -0.4 is 9.80 Å². The number of likely N-dealkylation sites (N-methyl/N-ethyl adjacent to an activating group) is 1. The molecular weight excluding hydrogens is 793 g/mol. The van der Waals surface area contributed by atoms with Crippen molar-refractivity contribution in [3.05, 3.63) is 162 Å². The Bertz CT molecular complexity index is 2590. The van der Waals surface area contributed by atoms with Gasteiger partial charge in [0.25, 0.3) is 0 Å². The Balaban J connectivity index is 1.09. The number of anilines is 2. The van der Waals surface area contributed by atoms with Gasteiger partial charge in [0.2, 0.25) is 0 Å². The third-order valence-electron chi connectivity index (χ3n) is 12.1. The molecule has 0 bridgehead atoms. The molecule has 4 aromatic carbocycles. The zero-order valence-corrected chi connectivity index (χ0v) is 38.8. The summed E-state index contributed by atoms with van der Waals surface area (Å²) in [4.78, 5) is 9.07. The molecule has 1 aliphatic rings. The molecule has 2 heterocycles. The summed E-state index contributed by atoms with van der Waals surface area (Å²) in [7, 11) is 0. The van der Waals surface area contributed by atoms with Gasteiger partial charge in [-0.3, -0.25) is 0 Å². The third-order valence-corrected chi connectivity index (χ3v) is 14.0. The standard InChI is InChI=1S/C57H60N2OS2/c1-6-11-37-57(38-12-7-2)55-41-45(19-29-51-33-31-49(61-51)27-17-43-13-23-47(24-14-43)58(8-3)9-4)21-35-53(55)54-36-22-46(42-56(54)57)20-30-52-34-32-50(62-52)28-18-44-15-25-48(26-16-44)59(10-5)39-40-60/h13-18,21-28,31-36,41-42,60H,6-12,37-40H2,1-5H3/b27-17+,28-18+. The molecule has 5 heteroatoms. The molecule has 0 aliphatic heterocycles. The Morgan fingerprint density at radius 2 is 0.968 bits per heavy atom. The van der Waals surface area contributed by atoms with Crippen LogP contribution in [0.2, 0.25) is 0 Å². The fraction of sp³-hybridized carbons (Fsp3) is 0.298. The molecule has 316 valence electrons. The zero-order valence-electron chi connectivity index (χ0n) is 37.1. The van der Waals surface area contributed by atoms with E-state index in [0.29, 0.717) is 6.54 Å².